The Balaban J connectivity index is 1.85. The number of hydrogen-bond acceptors (Lipinski definition) is 4. The van der Waals surface area contributed by atoms with Gasteiger partial charge in [-0.15, -0.1) is 0 Å². The summed E-state index contributed by atoms with van der Waals surface area (Å²) in [6.45, 7) is 4.05. The molecule has 0 spiro atoms. The maximum absolute atomic E-state index is 12.0. The number of benzene rings is 2. The first kappa shape index (κ1) is 18.3. The molecule has 0 aliphatic heterocycles. The Morgan fingerprint density at radius 3 is 2.40 bits per heavy atom. The lowest BCUT2D eigenvalue weighted by atomic mass is 10.2. The number of esters is 1. The number of anilines is 1. The summed E-state index contributed by atoms with van der Waals surface area (Å²) in [5, 5.41) is 2.68. The monoisotopic (exact) mass is 339 g/mol. The van der Waals surface area contributed by atoms with Gasteiger partial charge in [-0.1, -0.05) is 30.3 Å². The number of carbonyl (C=O) groups excluding carboxylic acids is 2. The molecule has 0 aliphatic rings. The van der Waals surface area contributed by atoms with Crippen molar-refractivity contribution in [3.05, 3.63) is 66.2 Å². The van der Waals surface area contributed by atoms with Gasteiger partial charge in [0, 0.05) is 11.8 Å². The van der Waals surface area contributed by atoms with Crippen molar-refractivity contribution in [3.8, 4) is 5.75 Å². The number of ether oxygens (including phenoxy) is 2. The molecule has 5 nitrogen and oxygen atoms in total. The summed E-state index contributed by atoms with van der Waals surface area (Å²) < 4.78 is 10.5. The molecule has 130 valence electrons. The van der Waals surface area contributed by atoms with Crippen molar-refractivity contribution in [1.29, 1.82) is 0 Å². The van der Waals surface area contributed by atoms with Crippen molar-refractivity contribution in [2.75, 3.05) is 11.9 Å². The average molecular weight is 339 g/mol. The second-order valence-corrected chi connectivity index (χ2v) is 5.27. The molecule has 5 heteroatoms. The Kier molecular flexibility index (Phi) is 6.77. The molecule has 0 heterocycles. The minimum absolute atomic E-state index is 0.381. The van der Waals surface area contributed by atoms with Gasteiger partial charge in [-0.2, -0.15) is 0 Å². The molecule has 0 aliphatic carbocycles. The number of hydrogen-bond donors (Lipinski definition) is 1. The Morgan fingerprint density at radius 2 is 1.76 bits per heavy atom. The van der Waals surface area contributed by atoms with Crippen LogP contribution in [0.15, 0.2) is 60.7 Å². The number of amides is 1. The van der Waals surface area contributed by atoms with Crippen LogP contribution < -0.4 is 10.1 Å². The Labute approximate surface area is 147 Å². The minimum atomic E-state index is -0.891. The highest BCUT2D eigenvalue weighted by atomic mass is 16.5. The van der Waals surface area contributed by atoms with Crippen LogP contribution in [0.25, 0.3) is 6.08 Å². The predicted molar refractivity (Wildman–Crippen MR) is 97.3 cm³/mol. The molecule has 0 radical (unpaired) electrons. The van der Waals surface area contributed by atoms with E-state index in [1.165, 1.54) is 13.0 Å². The predicted octanol–water partition coefficient (Wildman–Crippen LogP) is 3.67. The second-order valence-electron chi connectivity index (χ2n) is 5.27. The van der Waals surface area contributed by atoms with Gasteiger partial charge in [-0.05, 0) is 49.8 Å². The van der Waals surface area contributed by atoms with E-state index in [1.807, 2.05) is 49.4 Å². The van der Waals surface area contributed by atoms with Crippen LogP contribution in [0.4, 0.5) is 5.69 Å². The molecule has 2 aromatic rings. The van der Waals surface area contributed by atoms with E-state index in [0.717, 1.165) is 11.3 Å². The van der Waals surface area contributed by atoms with Crippen LogP contribution in [-0.2, 0) is 14.3 Å². The van der Waals surface area contributed by atoms with E-state index in [-0.39, 0.29) is 5.91 Å². The van der Waals surface area contributed by atoms with Crippen LogP contribution in [-0.4, -0.2) is 24.6 Å². The summed E-state index contributed by atoms with van der Waals surface area (Å²) in [6.07, 6.45) is 2.03. The van der Waals surface area contributed by atoms with Crippen molar-refractivity contribution in [2.45, 2.75) is 20.0 Å². The Morgan fingerprint density at radius 1 is 1.08 bits per heavy atom. The maximum atomic E-state index is 12.0. The SMILES string of the molecule is CCOc1ccc(/C=C/C(=O)O[C@H](C)C(=O)Nc2ccccc2)cc1. The van der Waals surface area contributed by atoms with E-state index >= 15 is 0 Å². The van der Waals surface area contributed by atoms with Crippen LogP contribution in [0, 0.1) is 0 Å². The zero-order valence-corrected chi connectivity index (χ0v) is 14.3. The number of para-hydroxylation sites is 1. The van der Waals surface area contributed by atoms with Gasteiger partial charge >= 0.3 is 5.97 Å². The standard InChI is InChI=1S/C20H21NO4/c1-3-24-18-12-9-16(10-13-18)11-14-19(22)25-15(2)20(23)21-17-7-5-4-6-8-17/h4-15H,3H2,1-2H3,(H,21,23)/b14-11+/t15-/m1/s1. The topological polar surface area (TPSA) is 64.6 Å². The lowest BCUT2D eigenvalue weighted by molar-refractivity contribution is -0.148. The molecule has 0 bridgehead atoms. The van der Waals surface area contributed by atoms with Crippen molar-refractivity contribution in [2.24, 2.45) is 0 Å². The van der Waals surface area contributed by atoms with Crippen LogP contribution >= 0.6 is 0 Å². The normalized spacial score (nSPS) is 11.8. The molecule has 2 rings (SSSR count). The first-order valence-corrected chi connectivity index (χ1v) is 8.06. The fourth-order valence-electron chi connectivity index (χ4n) is 2.04. The summed E-state index contributed by atoms with van der Waals surface area (Å²) in [7, 11) is 0. The van der Waals surface area contributed by atoms with Crippen LogP contribution in [0.1, 0.15) is 19.4 Å². The van der Waals surface area contributed by atoms with Gasteiger partial charge < -0.3 is 14.8 Å². The summed E-state index contributed by atoms with van der Waals surface area (Å²) in [5.74, 6) is -0.188. The summed E-state index contributed by atoms with van der Waals surface area (Å²) in [6, 6.07) is 16.3. The van der Waals surface area contributed by atoms with E-state index in [4.69, 9.17) is 9.47 Å². The van der Waals surface area contributed by atoms with Crippen molar-refractivity contribution < 1.29 is 19.1 Å². The third-order valence-corrected chi connectivity index (χ3v) is 3.31. The van der Waals surface area contributed by atoms with E-state index in [0.29, 0.717) is 12.3 Å². The molecule has 0 fully saturated rings. The average Bonchev–Trinajstić information content (AvgIpc) is 2.62. The molecule has 1 amide bonds. The van der Waals surface area contributed by atoms with Crippen molar-refractivity contribution in [3.63, 3.8) is 0 Å². The summed E-state index contributed by atoms with van der Waals surface area (Å²) in [4.78, 5) is 23.8. The summed E-state index contributed by atoms with van der Waals surface area (Å²) >= 11 is 0. The van der Waals surface area contributed by atoms with E-state index in [1.54, 1.807) is 18.2 Å². The van der Waals surface area contributed by atoms with Crippen LogP contribution in [0.2, 0.25) is 0 Å². The quantitative estimate of drug-likeness (QED) is 0.617. The van der Waals surface area contributed by atoms with Gasteiger partial charge in [0.15, 0.2) is 6.10 Å². The number of rotatable bonds is 7. The minimum Gasteiger partial charge on any atom is -0.494 e. The Bertz CT molecular complexity index is 723. The highest BCUT2D eigenvalue weighted by Crippen LogP contribution is 2.13. The van der Waals surface area contributed by atoms with Gasteiger partial charge in [0.05, 0.1) is 6.61 Å². The van der Waals surface area contributed by atoms with E-state index < -0.39 is 12.1 Å². The third-order valence-electron chi connectivity index (χ3n) is 3.31. The Hall–Kier alpha value is -3.08. The molecule has 0 saturated carbocycles. The fraction of sp³-hybridized carbons (Fsp3) is 0.200. The molecule has 0 unspecified atom stereocenters. The fourth-order valence-corrected chi connectivity index (χ4v) is 2.04. The lowest BCUT2D eigenvalue weighted by Crippen LogP contribution is -2.29. The number of nitrogens with one attached hydrogen (secondary N) is 1. The smallest absolute Gasteiger partial charge is 0.331 e. The molecule has 25 heavy (non-hydrogen) atoms. The number of carbonyl (C=O) groups is 2. The first-order valence-electron chi connectivity index (χ1n) is 8.06. The molecule has 0 saturated heterocycles. The lowest BCUT2D eigenvalue weighted by Gasteiger charge is -2.12. The third kappa shape index (κ3) is 6.14. The first-order chi connectivity index (χ1) is 12.1. The molecule has 2 aromatic carbocycles. The highest BCUT2D eigenvalue weighted by Gasteiger charge is 2.16. The van der Waals surface area contributed by atoms with Crippen molar-refractivity contribution in [1.82, 2.24) is 0 Å². The van der Waals surface area contributed by atoms with Crippen molar-refractivity contribution >= 4 is 23.6 Å². The largest absolute Gasteiger partial charge is 0.494 e. The van der Waals surface area contributed by atoms with Gasteiger partial charge in [-0.25, -0.2) is 4.79 Å². The zero-order valence-electron chi connectivity index (χ0n) is 14.3. The molecule has 0 aromatic heterocycles. The highest BCUT2D eigenvalue weighted by molar-refractivity contribution is 5.96. The van der Waals surface area contributed by atoms with Gasteiger partial charge in [0.2, 0.25) is 0 Å². The van der Waals surface area contributed by atoms with Crippen LogP contribution in [0.5, 0.6) is 5.75 Å². The van der Waals surface area contributed by atoms with Gasteiger partial charge in [0.1, 0.15) is 5.75 Å². The van der Waals surface area contributed by atoms with Gasteiger partial charge in [-0.3, -0.25) is 4.79 Å². The maximum Gasteiger partial charge on any atom is 0.331 e. The zero-order chi connectivity index (χ0) is 18.1. The summed E-state index contributed by atoms with van der Waals surface area (Å²) in [5.41, 5.74) is 1.49. The van der Waals surface area contributed by atoms with Crippen LogP contribution in [0.3, 0.4) is 0 Å². The molecular formula is C20H21NO4. The molecular weight excluding hydrogens is 318 g/mol. The van der Waals surface area contributed by atoms with E-state index in [2.05, 4.69) is 5.32 Å². The molecule has 1 atom stereocenters. The van der Waals surface area contributed by atoms with Gasteiger partial charge in [0.25, 0.3) is 5.91 Å². The second kappa shape index (κ2) is 9.27. The molecule has 1 N–H and O–H groups in total. The van der Waals surface area contributed by atoms with E-state index in [9.17, 15) is 9.59 Å².